The van der Waals surface area contributed by atoms with E-state index in [4.69, 9.17) is 9.72 Å². The minimum atomic E-state index is -0.0480. The van der Waals surface area contributed by atoms with Crippen molar-refractivity contribution in [1.82, 2.24) is 4.98 Å². The number of piperidine rings is 1. The first-order valence-corrected chi connectivity index (χ1v) is 9.99. The number of benzene rings is 1. The van der Waals surface area contributed by atoms with E-state index in [1.165, 1.54) is 10.4 Å². The number of pyridine rings is 1. The predicted molar refractivity (Wildman–Crippen MR) is 114 cm³/mol. The molecule has 1 aromatic carbocycles. The Balaban J connectivity index is 0.00000210. The Morgan fingerprint density at radius 2 is 1.96 bits per heavy atom. The van der Waals surface area contributed by atoms with Gasteiger partial charge in [-0.25, -0.2) is 4.98 Å². The molecule has 27 heavy (non-hydrogen) atoms. The average molecular weight is 403 g/mol. The second-order valence-electron chi connectivity index (χ2n) is 6.54. The maximum atomic E-state index is 12.0. The largest absolute Gasteiger partial charge is 0.466 e. The molecule has 1 saturated heterocycles. The van der Waals surface area contributed by atoms with Crippen molar-refractivity contribution in [3.63, 3.8) is 0 Å². The standard InChI is InChI=1S/C21H22N2O2S.ClH/c1-2-25-21(24)16-8-11-23(12-9-16)19-14-18(15-6-4-3-5-7-15)22-17-10-13-26-20(17)19;/h3-7,10,13-14,16H,2,8-9,11-12H2,1H3;1H. The molecule has 0 bridgehead atoms. The molecule has 2 aromatic heterocycles. The third-order valence-electron chi connectivity index (χ3n) is 4.92. The van der Waals surface area contributed by atoms with Gasteiger partial charge in [-0.05, 0) is 37.3 Å². The summed E-state index contributed by atoms with van der Waals surface area (Å²) in [6.07, 6.45) is 1.68. The van der Waals surface area contributed by atoms with Gasteiger partial charge in [0, 0.05) is 18.7 Å². The van der Waals surface area contributed by atoms with Gasteiger partial charge in [-0.2, -0.15) is 0 Å². The van der Waals surface area contributed by atoms with Crippen LogP contribution >= 0.6 is 23.7 Å². The smallest absolute Gasteiger partial charge is 0.309 e. The van der Waals surface area contributed by atoms with E-state index in [0.29, 0.717) is 6.61 Å². The number of thiophene rings is 1. The molecule has 0 aliphatic carbocycles. The number of rotatable bonds is 4. The van der Waals surface area contributed by atoms with Crippen LogP contribution < -0.4 is 4.90 Å². The lowest BCUT2D eigenvalue weighted by Crippen LogP contribution is -2.37. The molecule has 0 saturated carbocycles. The van der Waals surface area contributed by atoms with Crippen LogP contribution in [0.5, 0.6) is 0 Å². The third-order valence-corrected chi connectivity index (χ3v) is 5.84. The van der Waals surface area contributed by atoms with E-state index in [9.17, 15) is 4.79 Å². The second-order valence-corrected chi connectivity index (χ2v) is 7.46. The van der Waals surface area contributed by atoms with Crippen LogP contribution in [0, 0.1) is 5.92 Å². The summed E-state index contributed by atoms with van der Waals surface area (Å²) in [5, 5.41) is 2.10. The third kappa shape index (κ3) is 4.09. The number of carbonyl (C=O) groups excluding carboxylic acids is 1. The van der Waals surface area contributed by atoms with E-state index in [0.717, 1.165) is 42.7 Å². The van der Waals surface area contributed by atoms with E-state index in [-0.39, 0.29) is 24.3 Å². The van der Waals surface area contributed by atoms with E-state index in [1.54, 1.807) is 11.3 Å². The van der Waals surface area contributed by atoms with Gasteiger partial charge in [-0.15, -0.1) is 23.7 Å². The fraction of sp³-hybridized carbons (Fsp3) is 0.333. The Morgan fingerprint density at radius 1 is 1.22 bits per heavy atom. The average Bonchev–Trinajstić information content (AvgIpc) is 3.17. The van der Waals surface area contributed by atoms with Gasteiger partial charge in [-0.1, -0.05) is 30.3 Å². The molecular weight excluding hydrogens is 380 g/mol. The zero-order valence-electron chi connectivity index (χ0n) is 15.3. The van der Waals surface area contributed by atoms with Crippen LogP contribution in [-0.4, -0.2) is 30.6 Å². The zero-order chi connectivity index (χ0) is 17.9. The van der Waals surface area contributed by atoms with Crippen molar-refractivity contribution >= 4 is 45.6 Å². The Kier molecular flexibility index (Phi) is 6.34. The Labute approximate surface area is 169 Å². The number of halogens is 1. The van der Waals surface area contributed by atoms with Gasteiger partial charge in [0.15, 0.2) is 0 Å². The van der Waals surface area contributed by atoms with Crippen molar-refractivity contribution in [2.75, 3.05) is 24.6 Å². The Morgan fingerprint density at radius 3 is 2.67 bits per heavy atom. The highest BCUT2D eigenvalue weighted by molar-refractivity contribution is 7.17. The molecule has 0 N–H and O–H groups in total. The van der Waals surface area contributed by atoms with E-state index >= 15 is 0 Å². The van der Waals surface area contributed by atoms with Crippen LogP contribution in [0.2, 0.25) is 0 Å². The summed E-state index contributed by atoms with van der Waals surface area (Å²) in [6.45, 7) is 4.06. The lowest BCUT2D eigenvalue weighted by Gasteiger charge is -2.33. The molecule has 4 rings (SSSR count). The van der Waals surface area contributed by atoms with Crippen molar-refractivity contribution in [3.8, 4) is 11.3 Å². The molecule has 1 aliphatic rings. The summed E-state index contributed by atoms with van der Waals surface area (Å²) in [4.78, 5) is 19.2. The monoisotopic (exact) mass is 402 g/mol. The number of anilines is 1. The number of fused-ring (bicyclic) bond motifs is 1. The summed E-state index contributed by atoms with van der Waals surface area (Å²) in [5.74, 6) is -0.0198. The van der Waals surface area contributed by atoms with Crippen LogP contribution in [0.1, 0.15) is 19.8 Å². The molecule has 4 nitrogen and oxygen atoms in total. The molecular formula is C21H23ClN2O2S. The van der Waals surface area contributed by atoms with Gasteiger partial charge in [0.1, 0.15) is 0 Å². The van der Waals surface area contributed by atoms with Gasteiger partial charge in [-0.3, -0.25) is 4.79 Å². The van der Waals surface area contributed by atoms with Crippen molar-refractivity contribution in [1.29, 1.82) is 0 Å². The second kappa shape index (κ2) is 8.72. The molecule has 1 aliphatic heterocycles. The number of hydrogen-bond acceptors (Lipinski definition) is 5. The molecule has 0 spiro atoms. The van der Waals surface area contributed by atoms with Crippen LogP contribution in [0.3, 0.4) is 0 Å². The first kappa shape index (κ1) is 19.6. The lowest BCUT2D eigenvalue weighted by molar-refractivity contribution is -0.148. The van der Waals surface area contributed by atoms with Crippen LogP contribution in [0.15, 0.2) is 47.8 Å². The molecule has 1 fully saturated rings. The van der Waals surface area contributed by atoms with Gasteiger partial charge in [0.2, 0.25) is 0 Å². The molecule has 0 unspecified atom stereocenters. The van der Waals surface area contributed by atoms with Crippen molar-refractivity contribution in [2.24, 2.45) is 5.92 Å². The maximum absolute atomic E-state index is 12.0. The number of ether oxygens (including phenoxy) is 1. The molecule has 0 amide bonds. The first-order valence-electron chi connectivity index (χ1n) is 9.11. The molecule has 142 valence electrons. The van der Waals surface area contributed by atoms with Gasteiger partial charge < -0.3 is 9.64 Å². The van der Waals surface area contributed by atoms with E-state index in [1.807, 2.05) is 25.1 Å². The van der Waals surface area contributed by atoms with Crippen LogP contribution in [-0.2, 0) is 9.53 Å². The highest BCUT2D eigenvalue weighted by Gasteiger charge is 2.27. The highest BCUT2D eigenvalue weighted by atomic mass is 35.5. The minimum Gasteiger partial charge on any atom is -0.466 e. The van der Waals surface area contributed by atoms with Crippen molar-refractivity contribution in [2.45, 2.75) is 19.8 Å². The van der Waals surface area contributed by atoms with Crippen LogP contribution in [0.25, 0.3) is 21.5 Å². The number of esters is 1. The van der Waals surface area contributed by atoms with E-state index < -0.39 is 0 Å². The quantitative estimate of drug-likeness (QED) is 0.565. The fourth-order valence-corrected chi connectivity index (χ4v) is 4.42. The van der Waals surface area contributed by atoms with E-state index in [2.05, 4.69) is 34.5 Å². The SMILES string of the molecule is CCOC(=O)C1CCN(c2cc(-c3ccccc3)nc3ccsc23)CC1.Cl. The van der Waals surface area contributed by atoms with Crippen molar-refractivity contribution in [3.05, 3.63) is 47.8 Å². The molecule has 6 heteroatoms. The van der Waals surface area contributed by atoms with Crippen molar-refractivity contribution < 1.29 is 9.53 Å². The molecule has 3 aromatic rings. The number of aromatic nitrogens is 1. The number of hydrogen-bond donors (Lipinski definition) is 0. The summed E-state index contributed by atoms with van der Waals surface area (Å²) in [5.41, 5.74) is 4.40. The Hall–Kier alpha value is -2.11. The maximum Gasteiger partial charge on any atom is 0.309 e. The number of carbonyl (C=O) groups is 1. The van der Waals surface area contributed by atoms with Crippen LogP contribution in [0.4, 0.5) is 5.69 Å². The summed E-state index contributed by atoms with van der Waals surface area (Å²) >= 11 is 1.73. The normalized spacial score (nSPS) is 14.8. The summed E-state index contributed by atoms with van der Waals surface area (Å²) < 4.78 is 6.41. The summed E-state index contributed by atoms with van der Waals surface area (Å²) in [6, 6.07) is 14.6. The van der Waals surface area contributed by atoms with Gasteiger partial charge in [0.25, 0.3) is 0 Å². The molecule has 0 atom stereocenters. The minimum absolute atomic E-state index is 0. The highest BCUT2D eigenvalue weighted by Crippen LogP contribution is 2.36. The number of nitrogens with zero attached hydrogens (tertiary/aromatic N) is 2. The first-order chi connectivity index (χ1) is 12.8. The fourth-order valence-electron chi connectivity index (χ4n) is 3.55. The zero-order valence-corrected chi connectivity index (χ0v) is 16.9. The van der Waals surface area contributed by atoms with Gasteiger partial charge in [0.05, 0.1) is 34.1 Å². The van der Waals surface area contributed by atoms with Gasteiger partial charge >= 0.3 is 5.97 Å². The molecule has 3 heterocycles. The lowest BCUT2D eigenvalue weighted by atomic mass is 9.96. The predicted octanol–water partition coefficient (Wildman–Crippen LogP) is 5.16. The molecule has 0 radical (unpaired) electrons. The Bertz CT molecular complexity index is 905. The summed E-state index contributed by atoms with van der Waals surface area (Å²) in [7, 11) is 0. The topological polar surface area (TPSA) is 42.4 Å².